The molecule has 0 radical (unpaired) electrons. The van der Waals surface area contributed by atoms with Gasteiger partial charge in [-0.05, 0) is 42.6 Å². The number of hydrogen-bond acceptors (Lipinski definition) is 2. The zero-order chi connectivity index (χ0) is 15.6. The van der Waals surface area contributed by atoms with Gasteiger partial charge in [-0.25, -0.2) is 4.39 Å². The lowest BCUT2D eigenvalue weighted by atomic mass is 9.86. The van der Waals surface area contributed by atoms with Crippen molar-refractivity contribution in [1.82, 2.24) is 10.2 Å². The second-order valence-corrected chi connectivity index (χ2v) is 6.76. The Bertz CT molecular complexity index is 640. The van der Waals surface area contributed by atoms with Gasteiger partial charge < -0.3 is 5.32 Å². The number of halogens is 1. The molecule has 1 N–H and O–H groups in total. The largest absolute Gasteiger partial charge is 0.312 e. The van der Waals surface area contributed by atoms with Crippen molar-refractivity contribution in [2.24, 2.45) is 0 Å². The summed E-state index contributed by atoms with van der Waals surface area (Å²) in [4.78, 5) is 2.62. The lowest BCUT2D eigenvalue weighted by molar-refractivity contribution is 0.120. The summed E-state index contributed by atoms with van der Waals surface area (Å²) < 4.78 is 13.2. The summed E-state index contributed by atoms with van der Waals surface area (Å²) in [6, 6.07) is 18.9. The highest BCUT2D eigenvalue weighted by molar-refractivity contribution is 5.26. The summed E-state index contributed by atoms with van der Waals surface area (Å²) in [6.07, 6.45) is 2.49. The first-order valence-corrected chi connectivity index (χ1v) is 8.58. The van der Waals surface area contributed by atoms with Crippen molar-refractivity contribution in [3.8, 4) is 0 Å². The SMILES string of the molecule is Fc1ccc([C@H]2CN[C@@H]3CCCN(Cc4ccccc4)[C@H]23)cc1. The highest BCUT2D eigenvalue weighted by atomic mass is 19.1. The average Bonchev–Trinajstić information content (AvgIpc) is 3.02. The first kappa shape index (κ1) is 14.9. The Morgan fingerprint density at radius 3 is 2.61 bits per heavy atom. The second kappa shape index (κ2) is 6.42. The van der Waals surface area contributed by atoms with E-state index in [1.807, 2.05) is 12.1 Å². The average molecular weight is 310 g/mol. The summed E-state index contributed by atoms with van der Waals surface area (Å²) >= 11 is 0. The predicted molar refractivity (Wildman–Crippen MR) is 90.8 cm³/mol. The van der Waals surface area contributed by atoms with Gasteiger partial charge >= 0.3 is 0 Å². The van der Waals surface area contributed by atoms with Crippen LogP contribution in [0.5, 0.6) is 0 Å². The topological polar surface area (TPSA) is 15.3 Å². The maximum Gasteiger partial charge on any atom is 0.123 e. The summed E-state index contributed by atoms with van der Waals surface area (Å²) in [5, 5.41) is 3.70. The fourth-order valence-electron chi connectivity index (χ4n) is 4.27. The molecule has 4 rings (SSSR count). The highest BCUT2D eigenvalue weighted by Crippen LogP contribution is 2.35. The van der Waals surface area contributed by atoms with Crippen molar-refractivity contribution in [3.05, 3.63) is 71.5 Å². The molecule has 2 aromatic rings. The molecule has 2 fully saturated rings. The van der Waals surface area contributed by atoms with E-state index in [1.54, 1.807) is 12.1 Å². The van der Waals surface area contributed by atoms with Gasteiger partial charge in [0.25, 0.3) is 0 Å². The lowest BCUT2D eigenvalue weighted by Crippen LogP contribution is -2.49. The van der Waals surface area contributed by atoms with Crippen LogP contribution in [0.4, 0.5) is 4.39 Å². The number of hydrogen-bond donors (Lipinski definition) is 1. The minimum atomic E-state index is -0.152. The molecule has 0 saturated carbocycles. The number of fused-ring (bicyclic) bond motifs is 1. The maximum absolute atomic E-state index is 13.2. The molecule has 0 aromatic heterocycles. The van der Waals surface area contributed by atoms with Gasteiger partial charge in [-0.3, -0.25) is 4.90 Å². The highest BCUT2D eigenvalue weighted by Gasteiger charge is 2.42. The third kappa shape index (κ3) is 3.04. The monoisotopic (exact) mass is 310 g/mol. The fourth-order valence-corrected chi connectivity index (χ4v) is 4.27. The Morgan fingerprint density at radius 1 is 1.04 bits per heavy atom. The van der Waals surface area contributed by atoms with Gasteiger partial charge in [0.15, 0.2) is 0 Å². The third-order valence-corrected chi connectivity index (χ3v) is 5.33. The number of nitrogens with one attached hydrogen (secondary N) is 1. The quantitative estimate of drug-likeness (QED) is 0.933. The van der Waals surface area contributed by atoms with Gasteiger partial charge in [-0.2, -0.15) is 0 Å². The minimum absolute atomic E-state index is 0.152. The molecule has 0 amide bonds. The molecule has 2 aromatic carbocycles. The first-order valence-electron chi connectivity index (χ1n) is 8.58. The van der Waals surface area contributed by atoms with Crippen LogP contribution in [0.3, 0.4) is 0 Å². The van der Waals surface area contributed by atoms with Crippen LogP contribution >= 0.6 is 0 Å². The predicted octanol–water partition coefficient (Wildman–Crippen LogP) is 3.55. The van der Waals surface area contributed by atoms with Crippen LogP contribution < -0.4 is 5.32 Å². The maximum atomic E-state index is 13.2. The standard InChI is InChI=1S/C20H23FN2/c21-17-10-8-16(9-11-17)18-13-22-19-7-4-12-23(20(18)19)14-15-5-2-1-3-6-15/h1-3,5-6,8-11,18-20,22H,4,7,12-14H2/t18-,19-,20-/m1/s1. The normalized spacial score (nSPS) is 27.8. The van der Waals surface area contributed by atoms with Crippen LogP contribution in [0, 0.1) is 5.82 Å². The fraction of sp³-hybridized carbons (Fsp3) is 0.400. The number of nitrogens with zero attached hydrogens (tertiary/aromatic N) is 1. The molecule has 0 aliphatic carbocycles. The zero-order valence-corrected chi connectivity index (χ0v) is 13.3. The van der Waals surface area contributed by atoms with E-state index >= 15 is 0 Å². The summed E-state index contributed by atoms with van der Waals surface area (Å²) in [5.74, 6) is 0.297. The zero-order valence-electron chi connectivity index (χ0n) is 13.3. The molecule has 3 atom stereocenters. The molecule has 0 unspecified atom stereocenters. The van der Waals surface area contributed by atoms with E-state index in [-0.39, 0.29) is 5.82 Å². The molecule has 2 nitrogen and oxygen atoms in total. The Labute approximate surface area is 137 Å². The number of rotatable bonds is 3. The van der Waals surface area contributed by atoms with E-state index in [0.29, 0.717) is 18.0 Å². The van der Waals surface area contributed by atoms with E-state index in [2.05, 4.69) is 40.5 Å². The molecule has 0 spiro atoms. The van der Waals surface area contributed by atoms with Gasteiger partial charge in [-0.1, -0.05) is 42.5 Å². The van der Waals surface area contributed by atoms with Gasteiger partial charge in [0.1, 0.15) is 5.82 Å². The smallest absolute Gasteiger partial charge is 0.123 e. The molecule has 3 heteroatoms. The Hall–Kier alpha value is -1.71. The molecule has 0 bridgehead atoms. The minimum Gasteiger partial charge on any atom is -0.312 e. The Balaban J connectivity index is 1.58. The molecule has 2 saturated heterocycles. The molecule has 2 aliphatic heterocycles. The van der Waals surface area contributed by atoms with Crippen molar-refractivity contribution in [2.75, 3.05) is 13.1 Å². The van der Waals surface area contributed by atoms with Gasteiger partial charge in [0.2, 0.25) is 0 Å². The van der Waals surface area contributed by atoms with E-state index in [4.69, 9.17) is 0 Å². The summed E-state index contributed by atoms with van der Waals surface area (Å²) in [5.41, 5.74) is 2.63. The van der Waals surface area contributed by atoms with Gasteiger partial charge in [0.05, 0.1) is 0 Å². The Kier molecular flexibility index (Phi) is 4.15. The van der Waals surface area contributed by atoms with Crippen LogP contribution in [0.1, 0.15) is 29.9 Å². The van der Waals surface area contributed by atoms with Crippen molar-refractivity contribution in [1.29, 1.82) is 0 Å². The summed E-state index contributed by atoms with van der Waals surface area (Å²) in [6.45, 7) is 3.14. The van der Waals surface area contributed by atoms with E-state index in [9.17, 15) is 4.39 Å². The van der Waals surface area contributed by atoms with Gasteiger partial charge in [-0.15, -0.1) is 0 Å². The van der Waals surface area contributed by atoms with E-state index in [1.165, 1.54) is 24.0 Å². The van der Waals surface area contributed by atoms with Crippen LogP contribution in [0.25, 0.3) is 0 Å². The van der Waals surface area contributed by atoms with Crippen molar-refractivity contribution in [2.45, 2.75) is 37.4 Å². The molecular formula is C20H23FN2. The molecule has 23 heavy (non-hydrogen) atoms. The van der Waals surface area contributed by atoms with Crippen LogP contribution in [0.2, 0.25) is 0 Å². The van der Waals surface area contributed by atoms with Crippen molar-refractivity contribution in [3.63, 3.8) is 0 Å². The van der Waals surface area contributed by atoms with Crippen LogP contribution in [-0.4, -0.2) is 30.1 Å². The molecule has 2 aliphatic rings. The lowest BCUT2D eigenvalue weighted by Gasteiger charge is -2.40. The summed E-state index contributed by atoms with van der Waals surface area (Å²) in [7, 11) is 0. The first-order chi connectivity index (χ1) is 11.3. The second-order valence-electron chi connectivity index (χ2n) is 6.76. The Morgan fingerprint density at radius 2 is 1.83 bits per heavy atom. The molecular weight excluding hydrogens is 287 g/mol. The number of benzene rings is 2. The van der Waals surface area contributed by atoms with Gasteiger partial charge in [0, 0.05) is 31.1 Å². The molecule has 120 valence electrons. The number of likely N-dealkylation sites (tertiary alicyclic amines) is 1. The third-order valence-electron chi connectivity index (χ3n) is 5.33. The van der Waals surface area contributed by atoms with Crippen molar-refractivity contribution >= 4 is 0 Å². The van der Waals surface area contributed by atoms with Crippen LogP contribution in [-0.2, 0) is 6.54 Å². The van der Waals surface area contributed by atoms with E-state index in [0.717, 1.165) is 19.6 Å². The number of piperidine rings is 1. The van der Waals surface area contributed by atoms with E-state index < -0.39 is 0 Å². The van der Waals surface area contributed by atoms with Crippen molar-refractivity contribution < 1.29 is 4.39 Å². The van der Waals surface area contributed by atoms with Crippen LogP contribution in [0.15, 0.2) is 54.6 Å². The molecule has 2 heterocycles.